The summed E-state index contributed by atoms with van der Waals surface area (Å²) in [6.45, 7) is 2.33. The molecule has 1 heterocycles. The minimum atomic E-state index is -0.729. The Morgan fingerprint density at radius 2 is 2.37 bits per heavy atom. The van der Waals surface area contributed by atoms with Gasteiger partial charge in [-0.3, -0.25) is 4.79 Å². The average molecular weight is 260 g/mol. The quantitative estimate of drug-likeness (QED) is 0.852. The number of aromatic nitrogens is 2. The van der Waals surface area contributed by atoms with E-state index in [0.29, 0.717) is 18.2 Å². The molecule has 0 aliphatic heterocycles. The number of nitriles is 1. The van der Waals surface area contributed by atoms with Crippen LogP contribution in [0.2, 0.25) is 0 Å². The Morgan fingerprint density at radius 1 is 1.58 bits per heavy atom. The van der Waals surface area contributed by atoms with Gasteiger partial charge in [0.15, 0.2) is 0 Å². The third-order valence-corrected chi connectivity index (χ3v) is 3.47. The third kappa shape index (κ3) is 3.19. The Bertz CT molecular complexity index is 524. The van der Waals surface area contributed by atoms with E-state index in [-0.39, 0.29) is 11.8 Å². The number of carboxylic acid groups (broad SMARTS) is 1. The van der Waals surface area contributed by atoms with E-state index < -0.39 is 5.97 Å². The minimum absolute atomic E-state index is 0.104. The van der Waals surface area contributed by atoms with Crippen LogP contribution in [0.25, 0.3) is 0 Å². The van der Waals surface area contributed by atoms with Crippen molar-refractivity contribution < 1.29 is 9.90 Å². The van der Waals surface area contributed by atoms with Crippen LogP contribution < -0.4 is 5.32 Å². The average Bonchev–Trinajstić information content (AvgIpc) is 2.84. The molecule has 0 amide bonds. The lowest BCUT2D eigenvalue weighted by atomic mass is 9.96. The molecule has 1 aliphatic rings. The number of anilines is 1. The van der Waals surface area contributed by atoms with Crippen molar-refractivity contribution in [2.75, 3.05) is 11.9 Å². The second-order valence-corrected chi connectivity index (χ2v) is 4.85. The number of aryl methyl sites for hydroxylation is 1. The molecular weight excluding hydrogens is 244 g/mol. The zero-order valence-corrected chi connectivity index (χ0v) is 10.8. The number of hydrogen-bond acceptors (Lipinski definition) is 5. The fourth-order valence-electron chi connectivity index (χ4n) is 2.53. The van der Waals surface area contributed by atoms with Crippen LogP contribution in [0.15, 0.2) is 6.07 Å². The Balaban J connectivity index is 2.01. The summed E-state index contributed by atoms with van der Waals surface area (Å²) in [4.78, 5) is 19.3. The van der Waals surface area contributed by atoms with Gasteiger partial charge in [0.1, 0.15) is 11.8 Å². The highest BCUT2D eigenvalue weighted by molar-refractivity contribution is 5.70. The smallest absolute Gasteiger partial charge is 0.306 e. The van der Waals surface area contributed by atoms with Gasteiger partial charge < -0.3 is 10.4 Å². The molecule has 1 aromatic heterocycles. The highest BCUT2D eigenvalue weighted by Gasteiger charge is 2.32. The van der Waals surface area contributed by atoms with Crippen LogP contribution in [0.3, 0.4) is 0 Å². The van der Waals surface area contributed by atoms with Crippen molar-refractivity contribution in [2.24, 2.45) is 11.8 Å². The first-order valence-corrected chi connectivity index (χ1v) is 6.32. The van der Waals surface area contributed by atoms with Crippen LogP contribution >= 0.6 is 0 Å². The maximum absolute atomic E-state index is 11.1. The highest BCUT2D eigenvalue weighted by Crippen LogP contribution is 2.31. The van der Waals surface area contributed by atoms with Crippen LogP contribution in [0, 0.1) is 30.1 Å². The van der Waals surface area contributed by atoms with Crippen molar-refractivity contribution in [1.29, 1.82) is 5.26 Å². The summed E-state index contributed by atoms with van der Waals surface area (Å²) < 4.78 is 0. The van der Waals surface area contributed by atoms with Crippen molar-refractivity contribution in [3.8, 4) is 6.07 Å². The lowest BCUT2D eigenvalue weighted by Gasteiger charge is -2.16. The SMILES string of the molecule is Cc1cc(C#N)nc(NCC2CCCC2C(=O)O)n1. The molecule has 2 N–H and O–H groups in total. The zero-order valence-electron chi connectivity index (χ0n) is 10.8. The van der Waals surface area contributed by atoms with Crippen LogP contribution in [0.4, 0.5) is 5.95 Å². The summed E-state index contributed by atoms with van der Waals surface area (Å²) in [6.07, 6.45) is 2.59. The van der Waals surface area contributed by atoms with Gasteiger partial charge in [-0.05, 0) is 31.7 Å². The molecule has 0 saturated heterocycles. The third-order valence-electron chi connectivity index (χ3n) is 3.47. The number of nitrogens with one attached hydrogen (secondary N) is 1. The number of nitrogens with zero attached hydrogens (tertiary/aromatic N) is 3. The molecule has 6 heteroatoms. The van der Waals surface area contributed by atoms with Crippen LogP contribution in [0.1, 0.15) is 30.7 Å². The van der Waals surface area contributed by atoms with Gasteiger partial charge in [-0.1, -0.05) is 6.42 Å². The molecular formula is C13H16N4O2. The molecule has 0 radical (unpaired) electrons. The Labute approximate surface area is 111 Å². The molecule has 2 unspecified atom stereocenters. The Kier molecular flexibility index (Phi) is 3.95. The van der Waals surface area contributed by atoms with Crippen LogP contribution in [0.5, 0.6) is 0 Å². The van der Waals surface area contributed by atoms with Gasteiger partial charge in [0, 0.05) is 12.2 Å². The van der Waals surface area contributed by atoms with E-state index in [1.807, 2.05) is 6.07 Å². The van der Waals surface area contributed by atoms with Gasteiger partial charge in [0.25, 0.3) is 0 Å². The summed E-state index contributed by atoms with van der Waals surface area (Å²) >= 11 is 0. The van der Waals surface area contributed by atoms with E-state index in [4.69, 9.17) is 10.4 Å². The number of hydrogen-bond donors (Lipinski definition) is 2. The Morgan fingerprint density at radius 3 is 3.05 bits per heavy atom. The molecule has 2 atom stereocenters. The second-order valence-electron chi connectivity index (χ2n) is 4.85. The topological polar surface area (TPSA) is 98.9 Å². The monoisotopic (exact) mass is 260 g/mol. The number of carbonyl (C=O) groups is 1. The fourth-order valence-corrected chi connectivity index (χ4v) is 2.53. The molecule has 0 spiro atoms. The molecule has 2 rings (SSSR count). The van der Waals surface area contributed by atoms with E-state index in [0.717, 1.165) is 25.0 Å². The van der Waals surface area contributed by atoms with Crippen molar-refractivity contribution >= 4 is 11.9 Å². The fraction of sp³-hybridized carbons (Fsp3) is 0.538. The predicted molar refractivity (Wildman–Crippen MR) is 68.4 cm³/mol. The minimum Gasteiger partial charge on any atom is -0.481 e. The van der Waals surface area contributed by atoms with Gasteiger partial charge in [0.05, 0.1) is 5.92 Å². The van der Waals surface area contributed by atoms with E-state index >= 15 is 0 Å². The number of carboxylic acids is 1. The molecule has 19 heavy (non-hydrogen) atoms. The maximum Gasteiger partial charge on any atom is 0.306 e. The Hall–Kier alpha value is -2.16. The molecule has 0 aromatic carbocycles. The highest BCUT2D eigenvalue weighted by atomic mass is 16.4. The lowest BCUT2D eigenvalue weighted by Crippen LogP contribution is -2.25. The molecule has 6 nitrogen and oxygen atoms in total. The van der Waals surface area contributed by atoms with Gasteiger partial charge in [0.2, 0.25) is 5.95 Å². The first-order valence-electron chi connectivity index (χ1n) is 6.32. The molecule has 1 fully saturated rings. The van der Waals surface area contributed by atoms with E-state index in [1.54, 1.807) is 13.0 Å². The van der Waals surface area contributed by atoms with Gasteiger partial charge in [-0.2, -0.15) is 5.26 Å². The largest absolute Gasteiger partial charge is 0.481 e. The first-order chi connectivity index (χ1) is 9.10. The molecule has 1 saturated carbocycles. The molecule has 100 valence electrons. The zero-order chi connectivity index (χ0) is 13.8. The summed E-state index contributed by atoms with van der Waals surface area (Å²) in [5, 5.41) is 21.0. The van der Waals surface area contributed by atoms with E-state index in [9.17, 15) is 4.79 Å². The van der Waals surface area contributed by atoms with Gasteiger partial charge >= 0.3 is 5.97 Å². The summed E-state index contributed by atoms with van der Waals surface area (Å²) in [7, 11) is 0. The van der Waals surface area contributed by atoms with E-state index in [2.05, 4.69) is 15.3 Å². The predicted octanol–water partition coefficient (Wildman–Crippen LogP) is 1.57. The number of aliphatic carboxylic acids is 1. The summed E-state index contributed by atoms with van der Waals surface area (Å²) in [5.74, 6) is -0.514. The van der Waals surface area contributed by atoms with Crippen LogP contribution in [-0.4, -0.2) is 27.6 Å². The number of rotatable bonds is 4. The first kappa shape index (κ1) is 13.3. The van der Waals surface area contributed by atoms with Crippen molar-refractivity contribution in [3.05, 3.63) is 17.5 Å². The molecule has 0 bridgehead atoms. The van der Waals surface area contributed by atoms with Crippen LogP contribution in [-0.2, 0) is 4.79 Å². The van der Waals surface area contributed by atoms with Gasteiger partial charge in [-0.25, -0.2) is 9.97 Å². The molecule has 1 aromatic rings. The van der Waals surface area contributed by atoms with E-state index in [1.165, 1.54) is 0 Å². The lowest BCUT2D eigenvalue weighted by molar-refractivity contribution is -0.142. The molecule has 1 aliphatic carbocycles. The normalized spacial score (nSPS) is 21.9. The van der Waals surface area contributed by atoms with Crippen molar-refractivity contribution in [3.63, 3.8) is 0 Å². The second kappa shape index (κ2) is 5.65. The van der Waals surface area contributed by atoms with Crippen molar-refractivity contribution in [1.82, 2.24) is 9.97 Å². The summed E-state index contributed by atoms with van der Waals surface area (Å²) in [5.41, 5.74) is 1.03. The standard InChI is InChI=1S/C13H16N4O2/c1-8-5-10(6-14)17-13(16-8)15-7-9-3-2-4-11(9)12(18)19/h5,9,11H,2-4,7H2,1H3,(H,18,19)(H,15,16,17). The maximum atomic E-state index is 11.1. The van der Waals surface area contributed by atoms with Gasteiger partial charge in [-0.15, -0.1) is 0 Å². The summed E-state index contributed by atoms with van der Waals surface area (Å²) in [6, 6.07) is 3.59. The van der Waals surface area contributed by atoms with Crippen molar-refractivity contribution in [2.45, 2.75) is 26.2 Å².